The van der Waals surface area contributed by atoms with E-state index in [-0.39, 0.29) is 17.5 Å². The second-order valence-electron chi connectivity index (χ2n) is 3.96. The fourth-order valence-corrected chi connectivity index (χ4v) is 1.66. The molecule has 0 bridgehead atoms. The Morgan fingerprint density at radius 1 is 1.37 bits per heavy atom. The number of halogens is 1. The molecule has 0 spiro atoms. The Morgan fingerprint density at radius 2 is 2.16 bits per heavy atom. The summed E-state index contributed by atoms with van der Waals surface area (Å²) in [6.45, 7) is 1.71. The van der Waals surface area contributed by atoms with Crippen LogP contribution in [0.1, 0.15) is 15.9 Å². The number of nitrogens with one attached hydrogen (secondary N) is 2. The lowest BCUT2D eigenvalue weighted by Crippen LogP contribution is -2.18. The van der Waals surface area contributed by atoms with E-state index in [0.717, 1.165) is 0 Å². The number of nitrogen functional groups attached to an aromatic ring is 1. The van der Waals surface area contributed by atoms with Crippen LogP contribution in [0.15, 0.2) is 36.5 Å². The SMILES string of the molecule is Cc1cc(F)ccc1NC(=O)c1cccnc1NN. The summed E-state index contributed by atoms with van der Waals surface area (Å²) in [5.41, 5.74) is 3.85. The van der Waals surface area contributed by atoms with Crippen LogP contribution < -0.4 is 16.6 Å². The maximum atomic E-state index is 13.0. The van der Waals surface area contributed by atoms with Crippen molar-refractivity contribution in [2.24, 2.45) is 5.84 Å². The molecule has 98 valence electrons. The van der Waals surface area contributed by atoms with E-state index < -0.39 is 0 Å². The molecular formula is C13H13FN4O. The Balaban J connectivity index is 2.26. The lowest BCUT2D eigenvalue weighted by molar-refractivity contribution is 0.102. The predicted molar refractivity (Wildman–Crippen MR) is 71.1 cm³/mol. The monoisotopic (exact) mass is 260 g/mol. The summed E-state index contributed by atoms with van der Waals surface area (Å²) < 4.78 is 13.0. The second kappa shape index (κ2) is 5.45. The van der Waals surface area contributed by atoms with Gasteiger partial charge in [0.05, 0.1) is 5.56 Å². The molecule has 0 aliphatic heterocycles. The summed E-state index contributed by atoms with van der Waals surface area (Å²) in [5, 5.41) is 2.69. The van der Waals surface area contributed by atoms with Crippen molar-refractivity contribution in [1.29, 1.82) is 0 Å². The number of carbonyl (C=O) groups excluding carboxylic acids is 1. The van der Waals surface area contributed by atoms with Gasteiger partial charge >= 0.3 is 0 Å². The van der Waals surface area contributed by atoms with E-state index in [4.69, 9.17) is 5.84 Å². The van der Waals surface area contributed by atoms with Crippen LogP contribution in [0.2, 0.25) is 0 Å². The number of amides is 1. The Morgan fingerprint density at radius 3 is 2.84 bits per heavy atom. The van der Waals surface area contributed by atoms with Gasteiger partial charge in [-0.3, -0.25) is 4.79 Å². The van der Waals surface area contributed by atoms with Crippen molar-refractivity contribution in [3.05, 3.63) is 53.5 Å². The summed E-state index contributed by atoms with van der Waals surface area (Å²) in [5.74, 6) is 4.86. The first kappa shape index (κ1) is 13.0. The molecule has 0 saturated carbocycles. The summed E-state index contributed by atoms with van der Waals surface area (Å²) in [6, 6.07) is 7.37. The van der Waals surface area contributed by atoms with E-state index in [1.165, 1.54) is 24.4 Å². The molecule has 1 aromatic heterocycles. The Hall–Kier alpha value is -2.47. The normalized spacial score (nSPS) is 10.1. The zero-order valence-electron chi connectivity index (χ0n) is 10.3. The van der Waals surface area contributed by atoms with Crippen molar-refractivity contribution in [1.82, 2.24) is 4.98 Å². The molecule has 19 heavy (non-hydrogen) atoms. The number of benzene rings is 1. The van der Waals surface area contributed by atoms with Gasteiger partial charge < -0.3 is 10.7 Å². The van der Waals surface area contributed by atoms with Crippen molar-refractivity contribution in [3.8, 4) is 0 Å². The maximum absolute atomic E-state index is 13.0. The van der Waals surface area contributed by atoms with Crippen molar-refractivity contribution < 1.29 is 9.18 Å². The van der Waals surface area contributed by atoms with Crippen LogP contribution in [-0.4, -0.2) is 10.9 Å². The van der Waals surface area contributed by atoms with Crippen LogP contribution in [0.5, 0.6) is 0 Å². The Labute approximate surface area is 109 Å². The average molecular weight is 260 g/mol. The molecule has 0 saturated heterocycles. The minimum absolute atomic E-state index is 0.278. The number of hydrogen-bond acceptors (Lipinski definition) is 4. The number of carbonyl (C=O) groups is 1. The van der Waals surface area contributed by atoms with Gasteiger partial charge in [-0.1, -0.05) is 0 Å². The fraction of sp³-hybridized carbons (Fsp3) is 0.0769. The van der Waals surface area contributed by atoms with Crippen molar-refractivity contribution in [2.75, 3.05) is 10.7 Å². The largest absolute Gasteiger partial charge is 0.322 e. The van der Waals surface area contributed by atoms with Crippen LogP contribution >= 0.6 is 0 Å². The van der Waals surface area contributed by atoms with Gasteiger partial charge in [-0.15, -0.1) is 0 Å². The first-order valence-electron chi connectivity index (χ1n) is 5.61. The van der Waals surface area contributed by atoms with Crippen molar-refractivity contribution >= 4 is 17.4 Å². The molecule has 0 aliphatic carbocycles. The third kappa shape index (κ3) is 2.86. The third-order valence-electron chi connectivity index (χ3n) is 2.63. The standard InChI is InChI=1S/C13H13FN4O/c1-8-7-9(14)4-5-11(8)17-13(19)10-3-2-6-16-12(10)18-15/h2-7H,15H2,1H3,(H,16,18)(H,17,19). The van der Waals surface area contributed by atoms with Gasteiger partial charge in [0.25, 0.3) is 5.91 Å². The van der Waals surface area contributed by atoms with Crippen LogP contribution in [-0.2, 0) is 0 Å². The predicted octanol–water partition coefficient (Wildman–Crippen LogP) is 2.07. The smallest absolute Gasteiger partial charge is 0.259 e. The Bertz CT molecular complexity index is 615. The van der Waals surface area contributed by atoms with Gasteiger partial charge in [0.1, 0.15) is 5.82 Å². The molecule has 0 fully saturated rings. The van der Waals surface area contributed by atoms with Gasteiger partial charge in [0.15, 0.2) is 5.82 Å². The molecule has 0 unspecified atom stereocenters. The zero-order chi connectivity index (χ0) is 13.8. The molecule has 2 aromatic rings. The number of anilines is 2. The van der Waals surface area contributed by atoms with E-state index in [9.17, 15) is 9.18 Å². The van der Waals surface area contributed by atoms with E-state index in [2.05, 4.69) is 15.7 Å². The lowest BCUT2D eigenvalue weighted by Gasteiger charge is -2.10. The quantitative estimate of drug-likeness (QED) is 0.583. The molecular weight excluding hydrogens is 247 g/mol. The highest BCUT2D eigenvalue weighted by molar-refractivity contribution is 6.07. The summed E-state index contributed by atoms with van der Waals surface area (Å²) >= 11 is 0. The first-order chi connectivity index (χ1) is 9.11. The first-order valence-corrected chi connectivity index (χ1v) is 5.61. The minimum atomic E-state index is -0.365. The highest BCUT2D eigenvalue weighted by Crippen LogP contribution is 2.18. The second-order valence-corrected chi connectivity index (χ2v) is 3.96. The topological polar surface area (TPSA) is 80.0 Å². The molecule has 0 aliphatic rings. The highest BCUT2D eigenvalue weighted by atomic mass is 19.1. The van der Waals surface area contributed by atoms with Crippen LogP contribution in [0.4, 0.5) is 15.9 Å². The van der Waals surface area contributed by atoms with Gasteiger partial charge in [-0.25, -0.2) is 15.2 Å². The van der Waals surface area contributed by atoms with Crippen LogP contribution in [0.3, 0.4) is 0 Å². The highest BCUT2D eigenvalue weighted by Gasteiger charge is 2.12. The number of nitrogens with two attached hydrogens (primary N) is 1. The van der Waals surface area contributed by atoms with Crippen molar-refractivity contribution in [2.45, 2.75) is 6.92 Å². The molecule has 1 heterocycles. The molecule has 0 atom stereocenters. The summed E-state index contributed by atoms with van der Waals surface area (Å²) in [6.07, 6.45) is 1.52. The van der Waals surface area contributed by atoms with Crippen LogP contribution in [0.25, 0.3) is 0 Å². The van der Waals surface area contributed by atoms with E-state index in [1.807, 2.05) is 0 Å². The van der Waals surface area contributed by atoms with Gasteiger partial charge in [-0.2, -0.15) is 0 Å². The zero-order valence-corrected chi connectivity index (χ0v) is 10.3. The maximum Gasteiger partial charge on any atom is 0.259 e. The number of pyridine rings is 1. The summed E-state index contributed by atoms with van der Waals surface area (Å²) in [7, 11) is 0. The Kier molecular flexibility index (Phi) is 3.72. The molecule has 2 rings (SSSR count). The number of aromatic nitrogens is 1. The van der Waals surface area contributed by atoms with E-state index in [0.29, 0.717) is 16.8 Å². The average Bonchev–Trinajstić information content (AvgIpc) is 2.41. The number of nitrogens with zero attached hydrogens (tertiary/aromatic N) is 1. The van der Waals surface area contributed by atoms with E-state index in [1.54, 1.807) is 19.1 Å². The van der Waals surface area contributed by atoms with E-state index >= 15 is 0 Å². The lowest BCUT2D eigenvalue weighted by atomic mass is 10.1. The number of hydrogen-bond donors (Lipinski definition) is 3. The molecule has 6 heteroatoms. The van der Waals surface area contributed by atoms with Crippen LogP contribution in [0, 0.1) is 12.7 Å². The van der Waals surface area contributed by atoms with Gasteiger partial charge in [-0.05, 0) is 42.8 Å². The molecule has 4 N–H and O–H groups in total. The fourth-order valence-electron chi connectivity index (χ4n) is 1.66. The molecule has 1 aromatic carbocycles. The number of rotatable bonds is 3. The summed E-state index contributed by atoms with van der Waals surface area (Å²) in [4.78, 5) is 16.0. The molecule has 1 amide bonds. The molecule has 5 nitrogen and oxygen atoms in total. The third-order valence-corrected chi connectivity index (χ3v) is 2.63. The number of aryl methyl sites for hydroxylation is 1. The minimum Gasteiger partial charge on any atom is -0.322 e. The van der Waals surface area contributed by atoms with Gasteiger partial charge in [0, 0.05) is 11.9 Å². The van der Waals surface area contributed by atoms with Crippen molar-refractivity contribution in [3.63, 3.8) is 0 Å². The molecule has 0 radical (unpaired) electrons. The number of hydrazine groups is 1. The van der Waals surface area contributed by atoms with Gasteiger partial charge in [0.2, 0.25) is 0 Å².